The lowest BCUT2D eigenvalue weighted by molar-refractivity contribution is 0.0717. The lowest BCUT2D eigenvalue weighted by Gasteiger charge is -2.32. The van der Waals surface area contributed by atoms with Gasteiger partial charge >= 0.3 is 0 Å². The van der Waals surface area contributed by atoms with Gasteiger partial charge in [-0.1, -0.05) is 0 Å². The van der Waals surface area contributed by atoms with Crippen molar-refractivity contribution in [2.24, 2.45) is 0 Å². The van der Waals surface area contributed by atoms with E-state index in [4.69, 9.17) is 0 Å². The molecular formula is C17H25N5OS. The van der Waals surface area contributed by atoms with Gasteiger partial charge in [0, 0.05) is 36.8 Å². The molecule has 0 bridgehead atoms. The molecule has 0 aromatic carbocycles. The highest BCUT2D eigenvalue weighted by atomic mass is 32.1. The fraction of sp³-hybridized carbons (Fsp3) is 0.588. The zero-order valence-electron chi connectivity index (χ0n) is 14.8. The third-order valence-electron chi connectivity index (χ3n) is 4.62. The minimum absolute atomic E-state index is 0.119. The van der Waals surface area contributed by atoms with Crippen molar-refractivity contribution in [1.29, 1.82) is 0 Å². The van der Waals surface area contributed by atoms with Gasteiger partial charge in [0.15, 0.2) is 5.13 Å². The first-order chi connectivity index (χ1) is 11.5. The summed E-state index contributed by atoms with van der Waals surface area (Å²) >= 11 is 1.64. The average Bonchev–Trinajstić information content (AvgIpc) is 3.10. The molecule has 1 N–H and O–H groups in total. The number of carbonyl (C=O) groups is 1. The summed E-state index contributed by atoms with van der Waals surface area (Å²) in [5.74, 6) is 0.119. The van der Waals surface area contributed by atoms with Crippen molar-refractivity contribution in [3.63, 3.8) is 0 Å². The van der Waals surface area contributed by atoms with Crippen molar-refractivity contribution in [2.45, 2.75) is 53.1 Å². The number of thiazole rings is 1. The molecule has 24 heavy (non-hydrogen) atoms. The van der Waals surface area contributed by atoms with Gasteiger partial charge in [-0.25, -0.2) is 4.98 Å². The van der Waals surface area contributed by atoms with Gasteiger partial charge in [-0.3, -0.25) is 9.48 Å². The van der Waals surface area contributed by atoms with Crippen LogP contribution in [0.3, 0.4) is 0 Å². The zero-order valence-corrected chi connectivity index (χ0v) is 15.6. The van der Waals surface area contributed by atoms with Crippen LogP contribution in [0.15, 0.2) is 5.38 Å². The highest BCUT2D eigenvalue weighted by molar-refractivity contribution is 7.13. The number of rotatable bonds is 4. The lowest BCUT2D eigenvalue weighted by Crippen LogP contribution is -2.42. The SMILES string of the molecule is CCn1nc(C)c(C(=O)N2CCC(Nc3nc(C)cs3)CC2)c1C. The first-order valence-electron chi connectivity index (χ1n) is 8.51. The molecule has 130 valence electrons. The maximum Gasteiger partial charge on any atom is 0.257 e. The number of anilines is 1. The van der Waals surface area contributed by atoms with Crippen molar-refractivity contribution >= 4 is 22.4 Å². The fourth-order valence-electron chi connectivity index (χ4n) is 3.29. The number of nitrogens with one attached hydrogen (secondary N) is 1. The Morgan fingerprint density at radius 3 is 2.58 bits per heavy atom. The number of likely N-dealkylation sites (tertiary alicyclic amines) is 1. The Balaban J connectivity index is 1.62. The summed E-state index contributed by atoms with van der Waals surface area (Å²) in [7, 11) is 0. The van der Waals surface area contributed by atoms with Crippen molar-refractivity contribution < 1.29 is 4.79 Å². The van der Waals surface area contributed by atoms with Crippen molar-refractivity contribution in [3.8, 4) is 0 Å². The summed E-state index contributed by atoms with van der Waals surface area (Å²) in [4.78, 5) is 19.3. The molecule has 0 saturated carbocycles. The summed E-state index contributed by atoms with van der Waals surface area (Å²) in [5.41, 5.74) is 3.63. The van der Waals surface area contributed by atoms with Crippen LogP contribution in [0, 0.1) is 20.8 Å². The largest absolute Gasteiger partial charge is 0.359 e. The molecule has 3 heterocycles. The second-order valence-electron chi connectivity index (χ2n) is 6.37. The second-order valence-corrected chi connectivity index (χ2v) is 7.22. The molecule has 0 radical (unpaired) electrons. The second kappa shape index (κ2) is 6.93. The number of carbonyl (C=O) groups excluding carboxylic acids is 1. The maximum absolute atomic E-state index is 12.9. The number of amides is 1. The highest BCUT2D eigenvalue weighted by Crippen LogP contribution is 2.22. The van der Waals surface area contributed by atoms with Gasteiger partial charge in [0.25, 0.3) is 5.91 Å². The summed E-state index contributed by atoms with van der Waals surface area (Å²) in [5, 5.41) is 11.0. The normalized spacial score (nSPS) is 15.8. The van der Waals surface area contributed by atoms with Gasteiger partial charge in [0.05, 0.1) is 17.0 Å². The van der Waals surface area contributed by atoms with Crippen LogP contribution >= 0.6 is 11.3 Å². The quantitative estimate of drug-likeness (QED) is 0.923. The fourth-order valence-corrected chi connectivity index (χ4v) is 4.06. The number of nitrogens with zero attached hydrogens (tertiary/aromatic N) is 4. The number of hydrogen-bond acceptors (Lipinski definition) is 5. The Morgan fingerprint density at radius 2 is 2.04 bits per heavy atom. The monoisotopic (exact) mass is 347 g/mol. The minimum Gasteiger partial charge on any atom is -0.359 e. The summed E-state index contributed by atoms with van der Waals surface area (Å²) in [6.07, 6.45) is 1.90. The predicted molar refractivity (Wildman–Crippen MR) is 96.8 cm³/mol. The van der Waals surface area contributed by atoms with Gasteiger partial charge in [-0.05, 0) is 40.5 Å². The highest BCUT2D eigenvalue weighted by Gasteiger charge is 2.27. The van der Waals surface area contributed by atoms with Gasteiger partial charge in [-0.2, -0.15) is 5.10 Å². The molecule has 1 amide bonds. The van der Waals surface area contributed by atoms with E-state index in [9.17, 15) is 4.79 Å². The molecule has 3 rings (SSSR count). The molecule has 0 unspecified atom stereocenters. The molecule has 2 aromatic rings. The first-order valence-corrected chi connectivity index (χ1v) is 9.39. The van der Waals surface area contributed by atoms with Crippen LogP contribution in [0.4, 0.5) is 5.13 Å². The third kappa shape index (κ3) is 3.31. The standard InChI is InChI=1S/C17H25N5OS/c1-5-22-13(4)15(12(3)20-22)16(23)21-8-6-14(7-9-21)19-17-18-11(2)10-24-17/h10,14H,5-9H2,1-4H3,(H,18,19). The molecule has 0 spiro atoms. The Bertz CT molecular complexity index is 727. The molecule has 1 aliphatic rings. The number of aryl methyl sites for hydroxylation is 3. The summed E-state index contributed by atoms with van der Waals surface area (Å²) in [6.45, 7) is 10.3. The van der Waals surface area contributed by atoms with Crippen LogP contribution in [-0.2, 0) is 6.54 Å². The van der Waals surface area contributed by atoms with E-state index in [1.165, 1.54) is 0 Å². The summed E-state index contributed by atoms with van der Waals surface area (Å²) in [6, 6.07) is 0.389. The molecule has 2 aromatic heterocycles. The molecule has 0 aliphatic carbocycles. The molecule has 0 atom stereocenters. The Hall–Kier alpha value is -1.89. The van der Waals surface area contributed by atoms with Crippen molar-refractivity contribution in [2.75, 3.05) is 18.4 Å². The molecule has 1 saturated heterocycles. The van der Waals surface area contributed by atoms with E-state index in [1.54, 1.807) is 11.3 Å². The number of piperidine rings is 1. The first kappa shape index (κ1) is 17.0. The van der Waals surface area contributed by atoms with Crippen molar-refractivity contribution in [3.05, 3.63) is 28.0 Å². The molecular weight excluding hydrogens is 322 g/mol. The van der Waals surface area contributed by atoms with Crippen LogP contribution in [0.2, 0.25) is 0 Å². The molecule has 7 heteroatoms. The molecule has 6 nitrogen and oxygen atoms in total. The molecule has 1 fully saturated rings. The van der Waals surface area contributed by atoms with E-state index < -0.39 is 0 Å². The van der Waals surface area contributed by atoms with Crippen LogP contribution in [0.1, 0.15) is 47.2 Å². The van der Waals surface area contributed by atoms with Crippen LogP contribution < -0.4 is 5.32 Å². The van der Waals surface area contributed by atoms with E-state index in [-0.39, 0.29) is 5.91 Å². The average molecular weight is 347 g/mol. The van der Waals surface area contributed by atoms with Crippen LogP contribution in [-0.4, -0.2) is 44.7 Å². The summed E-state index contributed by atoms with van der Waals surface area (Å²) < 4.78 is 1.90. The smallest absolute Gasteiger partial charge is 0.257 e. The minimum atomic E-state index is 0.119. The van der Waals surface area contributed by atoms with E-state index in [0.717, 1.165) is 60.3 Å². The van der Waals surface area contributed by atoms with Crippen molar-refractivity contribution in [1.82, 2.24) is 19.7 Å². The number of aromatic nitrogens is 3. The van der Waals surface area contributed by atoms with E-state index >= 15 is 0 Å². The molecule has 1 aliphatic heterocycles. The Labute approximate surface area is 146 Å². The van der Waals surface area contributed by atoms with Gasteiger partial charge in [-0.15, -0.1) is 11.3 Å². The zero-order chi connectivity index (χ0) is 17.3. The van der Waals surface area contributed by atoms with Gasteiger partial charge in [0.2, 0.25) is 0 Å². The van der Waals surface area contributed by atoms with E-state index in [2.05, 4.69) is 20.8 Å². The van der Waals surface area contributed by atoms with Crippen LogP contribution in [0.25, 0.3) is 0 Å². The van der Waals surface area contributed by atoms with E-state index in [0.29, 0.717) is 6.04 Å². The topological polar surface area (TPSA) is 63.1 Å². The lowest BCUT2D eigenvalue weighted by atomic mass is 10.0. The Morgan fingerprint density at radius 1 is 1.33 bits per heavy atom. The van der Waals surface area contributed by atoms with E-state index in [1.807, 2.05) is 37.3 Å². The van der Waals surface area contributed by atoms with Gasteiger partial charge in [0.1, 0.15) is 0 Å². The van der Waals surface area contributed by atoms with Crippen LogP contribution in [0.5, 0.6) is 0 Å². The van der Waals surface area contributed by atoms with Gasteiger partial charge < -0.3 is 10.2 Å². The number of hydrogen-bond donors (Lipinski definition) is 1. The maximum atomic E-state index is 12.9. The Kier molecular flexibility index (Phi) is 4.89. The predicted octanol–water partition coefficient (Wildman–Crippen LogP) is 3.00. The third-order valence-corrected chi connectivity index (χ3v) is 5.52.